The predicted octanol–water partition coefficient (Wildman–Crippen LogP) is 5.52. The predicted molar refractivity (Wildman–Crippen MR) is 140 cm³/mol. The van der Waals surface area contributed by atoms with Crippen LogP contribution in [0.15, 0.2) is 77.8 Å². The molecule has 1 heterocycles. The molecule has 1 aliphatic rings. The van der Waals surface area contributed by atoms with Gasteiger partial charge in [-0.05, 0) is 60.2 Å². The summed E-state index contributed by atoms with van der Waals surface area (Å²) in [4.78, 5) is 32.4. The molecule has 2 amide bonds. The molecule has 1 atom stereocenters. The van der Waals surface area contributed by atoms with Crippen molar-refractivity contribution < 1.29 is 19.1 Å². The minimum Gasteiger partial charge on any atom is -0.497 e. The summed E-state index contributed by atoms with van der Waals surface area (Å²) in [5.41, 5.74) is 2.19. The number of benzene rings is 3. The third kappa shape index (κ3) is 6.35. The molecule has 180 valence electrons. The topological polar surface area (TPSA) is 80.2 Å². The number of anilines is 1. The van der Waals surface area contributed by atoms with Crippen molar-refractivity contribution in [3.05, 3.63) is 83.4 Å². The number of carbonyl (C=O) groups is 2. The molecular weight excluding hydrogens is 486 g/mol. The van der Waals surface area contributed by atoms with Crippen LogP contribution in [0.25, 0.3) is 0 Å². The SMILES string of the molecule is COc1ccc(CN2C(=O)[C@H](CC(=O)Nc3cccc(Cl)c3)SC2=Nc2ccc(OC)cc2)cc1. The van der Waals surface area contributed by atoms with E-state index >= 15 is 0 Å². The van der Waals surface area contributed by atoms with E-state index in [1.54, 1.807) is 43.4 Å². The van der Waals surface area contributed by atoms with Crippen LogP contribution in [0.4, 0.5) is 11.4 Å². The largest absolute Gasteiger partial charge is 0.497 e. The average molecular weight is 510 g/mol. The zero-order chi connectivity index (χ0) is 24.8. The van der Waals surface area contributed by atoms with Gasteiger partial charge in [0.2, 0.25) is 11.8 Å². The van der Waals surface area contributed by atoms with Crippen LogP contribution in [0.5, 0.6) is 11.5 Å². The molecule has 1 fully saturated rings. The third-order valence-electron chi connectivity index (χ3n) is 5.30. The molecule has 4 rings (SSSR count). The van der Waals surface area contributed by atoms with Gasteiger partial charge in [0, 0.05) is 17.1 Å². The highest BCUT2D eigenvalue weighted by molar-refractivity contribution is 8.15. The Bertz CT molecular complexity index is 1230. The van der Waals surface area contributed by atoms with Gasteiger partial charge in [0.05, 0.1) is 26.5 Å². The molecule has 0 saturated carbocycles. The van der Waals surface area contributed by atoms with Crippen LogP contribution in [-0.4, -0.2) is 41.4 Å². The van der Waals surface area contributed by atoms with Gasteiger partial charge in [0.25, 0.3) is 0 Å². The quantitative estimate of drug-likeness (QED) is 0.432. The summed E-state index contributed by atoms with van der Waals surface area (Å²) in [5, 5.41) is 3.28. The Labute approximate surface area is 213 Å². The summed E-state index contributed by atoms with van der Waals surface area (Å²) < 4.78 is 10.4. The van der Waals surface area contributed by atoms with E-state index in [0.717, 1.165) is 17.1 Å². The van der Waals surface area contributed by atoms with Crippen molar-refractivity contribution in [1.29, 1.82) is 0 Å². The number of rotatable bonds is 8. The number of amides is 2. The Morgan fingerprint density at radius 2 is 1.69 bits per heavy atom. The molecule has 9 heteroatoms. The Hall–Kier alpha value is -3.49. The molecule has 3 aromatic rings. The highest BCUT2D eigenvalue weighted by atomic mass is 35.5. The minimum atomic E-state index is -0.593. The van der Waals surface area contributed by atoms with Gasteiger partial charge >= 0.3 is 0 Å². The number of amidine groups is 1. The molecule has 0 aliphatic carbocycles. The molecule has 0 unspecified atom stereocenters. The van der Waals surface area contributed by atoms with E-state index < -0.39 is 5.25 Å². The maximum Gasteiger partial charge on any atom is 0.242 e. The lowest BCUT2D eigenvalue weighted by Crippen LogP contribution is -2.33. The van der Waals surface area contributed by atoms with Gasteiger partial charge in [0.1, 0.15) is 16.7 Å². The molecular formula is C26H24ClN3O4S. The van der Waals surface area contributed by atoms with Crippen molar-refractivity contribution >= 4 is 51.7 Å². The third-order valence-corrected chi connectivity index (χ3v) is 6.71. The molecule has 1 N–H and O–H groups in total. The number of nitrogens with one attached hydrogen (secondary N) is 1. The number of thioether (sulfide) groups is 1. The molecule has 7 nitrogen and oxygen atoms in total. The summed E-state index contributed by atoms with van der Waals surface area (Å²) in [6.45, 7) is 0.331. The van der Waals surface area contributed by atoms with E-state index in [9.17, 15) is 9.59 Å². The van der Waals surface area contributed by atoms with E-state index in [1.807, 2.05) is 48.5 Å². The van der Waals surface area contributed by atoms with Gasteiger partial charge in [0.15, 0.2) is 5.17 Å². The first kappa shape index (κ1) is 24.6. The van der Waals surface area contributed by atoms with Gasteiger partial charge in [-0.25, -0.2) is 4.99 Å². The number of hydrogen-bond acceptors (Lipinski definition) is 6. The van der Waals surface area contributed by atoms with Crippen molar-refractivity contribution in [2.45, 2.75) is 18.2 Å². The van der Waals surface area contributed by atoms with Crippen molar-refractivity contribution in [2.24, 2.45) is 4.99 Å². The van der Waals surface area contributed by atoms with Crippen LogP contribution in [0.3, 0.4) is 0 Å². The second-order valence-electron chi connectivity index (χ2n) is 7.73. The molecule has 1 aliphatic heterocycles. The fourth-order valence-electron chi connectivity index (χ4n) is 3.50. The first-order chi connectivity index (χ1) is 16.9. The molecule has 0 bridgehead atoms. The van der Waals surface area contributed by atoms with Gasteiger partial charge in [-0.15, -0.1) is 0 Å². The molecule has 3 aromatic carbocycles. The van der Waals surface area contributed by atoms with E-state index in [2.05, 4.69) is 5.32 Å². The second-order valence-corrected chi connectivity index (χ2v) is 9.34. The van der Waals surface area contributed by atoms with Crippen LogP contribution in [0.1, 0.15) is 12.0 Å². The molecule has 0 aromatic heterocycles. The Morgan fingerprint density at radius 1 is 1.03 bits per heavy atom. The summed E-state index contributed by atoms with van der Waals surface area (Å²) >= 11 is 7.29. The van der Waals surface area contributed by atoms with E-state index in [1.165, 1.54) is 11.8 Å². The number of halogens is 1. The highest BCUT2D eigenvalue weighted by Gasteiger charge is 2.39. The van der Waals surface area contributed by atoms with Crippen molar-refractivity contribution in [3.63, 3.8) is 0 Å². The minimum absolute atomic E-state index is 0.0107. The van der Waals surface area contributed by atoms with E-state index in [-0.39, 0.29) is 18.2 Å². The molecule has 0 spiro atoms. The number of nitrogens with zero attached hydrogens (tertiary/aromatic N) is 2. The monoisotopic (exact) mass is 509 g/mol. The summed E-state index contributed by atoms with van der Waals surface area (Å²) in [7, 11) is 3.20. The van der Waals surface area contributed by atoms with Gasteiger partial charge in [-0.2, -0.15) is 0 Å². The van der Waals surface area contributed by atoms with Crippen LogP contribution < -0.4 is 14.8 Å². The van der Waals surface area contributed by atoms with Crippen LogP contribution in [0, 0.1) is 0 Å². The Balaban J connectivity index is 1.54. The first-order valence-corrected chi connectivity index (χ1v) is 12.1. The lowest BCUT2D eigenvalue weighted by atomic mass is 10.2. The van der Waals surface area contributed by atoms with Gasteiger partial charge in [-0.3, -0.25) is 14.5 Å². The normalized spacial score (nSPS) is 16.4. The van der Waals surface area contributed by atoms with E-state index in [0.29, 0.717) is 28.1 Å². The lowest BCUT2D eigenvalue weighted by Gasteiger charge is -2.17. The summed E-state index contributed by atoms with van der Waals surface area (Å²) in [6.07, 6.45) is 0.0107. The Kier molecular flexibility index (Phi) is 7.94. The first-order valence-electron chi connectivity index (χ1n) is 10.8. The molecule has 35 heavy (non-hydrogen) atoms. The maximum absolute atomic E-state index is 13.4. The number of aliphatic imine (C=N–C) groups is 1. The van der Waals surface area contributed by atoms with E-state index in [4.69, 9.17) is 26.1 Å². The molecule has 0 radical (unpaired) electrons. The smallest absolute Gasteiger partial charge is 0.242 e. The summed E-state index contributed by atoms with van der Waals surface area (Å²) in [5.74, 6) is 1.01. The zero-order valence-electron chi connectivity index (χ0n) is 19.2. The number of carbonyl (C=O) groups excluding carboxylic acids is 2. The fraction of sp³-hybridized carbons (Fsp3) is 0.192. The van der Waals surface area contributed by atoms with Gasteiger partial charge in [-0.1, -0.05) is 41.6 Å². The Morgan fingerprint density at radius 3 is 2.31 bits per heavy atom. The molecule has 1 saturated heterocycles. The number of methoxy groups -OCH3 is 2. The van der Waals surface area contributed by atoms with Crippen LogP contribution >= 0.6 is 23.4 Å². The highest BCUT2D eigenvalue weighted by Crippen LogP contribution is 2.33. The van der Waals surface area contributed by atoms with Crippen LogP contribution in [-0.2, 0) is 16.1 Å². The van der Waals surface area contributed by atoms with Crippen LogP contribution in [0.2, 0.25) is 5.02 Å². The van der Waals surface area contributed by atoms with Crippen molar-refractivity contribution in [3.8, 4) is 11.5 Å². The second kappa shape index (κ2) is 11.3. The average Bonchev–Trinajstić information content (AvgIpc) is 3.13. The summed E-state index contributed by atoms with van der Waals surface area (Å²) in [6, 6.07) is 21.7. The number of hydrogen-bond donors (Lipinski definition) is 1. The number of ether oxygens (including phenoxy) is 2. The van der Waals surface area contributed by atoms with Crippen molar-refractivity contribution in [1.82, 2.24) is 4.90 Å². The maximum atomic E-state index is 13.4. The lowest BCUT2D eigenvalue weighted by molar-refractivity contribution is -0.128. The fourth-order valence-corrected chi connectivity index (χ4v) is 4.85. The zero-order valence-corrected chi connectivity index (χ0v) is 20.8. The van der Waals surface area contributed by atoms with Crippen molar-refractivity contribution in [2.75, 3.05) is 19.5 Å². The van der Waals surface area contributed by atoms with Gasteiger partial charge < -0.3 is 14.8 Å². The standard InChI is InChI=1S/C26H24ClN3O4S/c1-33-21-10-6-17(7-11-21)16-30-25(32)23(15-24(31)28-20-5-3-4-18(27)14-20)35-26(30)29-19-8-12-22(34-2)13-9-19/h3-14,23H,15-16H2,1-2H3,(H,28,31)/t23-/m0/s1.